The minimum Gasteiger partial charge on any atom is -0.324 e. The number of hydrogen-bond acceptors (Lipinski definition) is 1. The number of aromatic nitrogens is 1. The molecule has 0 saturated carbocycles. The molecule has 2 rings (SSSR count). The largest absolute Gasteiger partial charge is 0.324 e. The number of benzene rings is 1. The fourth-order valence-electron chi connectivity index (χ4n) is 1.61. The van der Waals surface area contributed by atoms with Gasteiger partial charge in [0, 0.05) is 24.5 Å². The first-order valence-corrected chi connectivity index (χ1v) is 5.07. The smallest absolute Gasteiger partial charge is 0.134 e. The summed E-state index contributed by atoms with van der Waals surface area (Å²) < 4.78 is 14.6. The number of hydrogen-bond donors (Lipinski definition) is 0. The topological polar surface area (TPSA) is 22.0 Å². The van der Waals surface area contributed by atoms with E-state index in [1.165, 1.54) is 12.1 Å². The van der Waals surface area contributed by atoms with Crippen LogP contribution in [0.5, 0.6) is 0 Å². The predicted molar refractivity (Wildman–Crippen MR) is 60.1 cm³/mol. The van der Waals surface area contributed by atoms with E-state index >= 15 is 0 Å². The number of halogens is 1. The van der Waals surface area contributed by atoms with Crippen LogP contribution in [0.4, 0.5) is 4.39 Å². The standard InChI is InChI=1S/C13H12FNO/c1-10(16)8-11-6-7-15(9-11)13-4-2-12(14)3-5-13/h2-7,9H,8H2,1H3. The summed E-state index contributed by atoms with van der Waals surface area (Å²) in [5.74, 6) is -0.114. The Morgan fingerprint density at radius 2 is 1.94 bits per heavy atom. The monoisotopic (exact) mass is 217 g/mol. The highest BCUT2D eigenvalue weighted by Gasteiger charge is 2.01. The van der Waals surface area contributed by atoms with Gasteiger partial charge in [-0.15, -0.1) is 0 Å². The van der Waals surface area contributed by atoms with Crippen LogP contribution in [-0.2, 0) is 11.2 Å². The van der Waals surface area contributed by atoms with Crippen LogP contribution in [0, 0.1) is 5.82 Å². The van der Waals surface area contributed by atoms with Gasteiger partial charge < -0.3 is 4.57 Å². The van der Waals surface area contributed by atoms with Crippen molar-refractivity contribution in [1.82, 2.24) is 4.57 Å². The Morgan fingerprint density at radius 1 is 1.25 bits per heavy atom. The molecule has 3 heteroatoms. The summed E-state index contributed by atoms with van der Waals surface area (Å²) >= 11 is 0. The van der Waals surface area contributed by atoms with Gasteiger partial charge in [0.2, 0.25) is 0 Å². The highest BCUT2D eigenvalue weighted by molar-refractivity contribution is 5.78. The van der Waals surface area contributed by atoms with Crippen LogP contribution >= 0.6 is 0 Å². The van der Waals surface area contributed by atoms with Crippen molar-refractivity contribution in [3.8, 4) is 5.69 Å². The lowest BCUT2D eigenvalue weighted by atomic mass is 10.2. The summed E-state index contributed by atoms with van der Waals surface area (Å²) in [4.78, 5) is 10.9. The first-order valence-electron chi connectivity index (χ1n) is 5.07. The van der Waals surface area contributed by atoms with Gasteiger partial charge in [0.1, 0.15) is 11.6 Å². The number of rotatable bonds is 3. The van der Waals surface area contributed by atoms with Crippen molar-refractivity contribution in [3.05, 3.63) is 54.1 Å². The van der Waals surface area contributed by atoms with Gasteiger partial charge in [-0.25, -0.2) is 4.39 Å². The lowest BCUT2D eigenvalue weighted by Crippen LogP contribution is -1.95. The Balaban J connectivity index is 2.24. The number of carbonyl (C=O) groups is 1. The van der Waals surface area contributed by atoms with E-state index in [1.807, 2.05) is 23.0 Å². The fraction of sp³-hybridized carbons (Fsp3) is 0.154. The lowest BCUT2D eigenvalue weighted by Gasteiger charge is -2.01. The zero-order valence-electron chi connectivity index (χ0n) is 8.98. The van der Waals surface area contributed by atoms with Crippen LogP contribution in [0.25, 0.3) is 5.69 Å². The van der Waals surface area contributed by atoms with Crippen LogP contribution in [0.15, 0.2) is 42.7 Å². The Bertz CT molecular complexity index is 499. The first-order chi connectivity index (χ1) is 7.65. The number of nitrogens with zero attached hydrogens (tertiary/aromatic N) is 1. The van der Waals surface area contributed by atoms with Crippen LogP contribution < -0.4 is 0 Å². The molecule has 82 valence electrons. The third-order valence-corrected chi connectivity index (χ3v) is 2.33. The third-order valence-electron chi connectivity index (χ3n) is 2.33. The molecule has 2 nitrogen and oxygen atoms in total. The molecule has 0 amide bonds. The van der Waals surface area contributed by atoms with E-state index in [1.54, 1.807) is 19.1 Å². The van der Waals surface area contributed by atoms with Crippen molar-refractivity contribution in [3.63, 3.8) is 0 Å². The van der Waals surface area contributed by atoms with E-state index in [2.05, 4.69) is 0 Å². The molecule has 2 aromatic rings. The molecule has 0 aliphatic rings. The quantitative estimate of drug-likeness (QED) is 0.774. The minimum atomic E-state index is -0.250. The van der Waals surface area contributed by atoms with E-state index in [0.717, 1.165) is 11.3 Å². The van der Waals surface area contributed by atoms with Crippen LogP contribution in [0.3, 0.4) is 0 Å². The summed E-state index contributed by atoms with van der Waals surface area (Å²) in [6.45, 7) is 1.56. The number of ketones is 1. The molecule has 0 atom stereocenters. The first kappa shape index (κ1) is 10.6. The molecule has 1 aromatic carbocycles. The summed E-state index contributed by atoms with van der Waals surface area (Å²) in [7, 11) is 0. The number of carbonyl (C=O) groups excluding carboxylic acids is 1. The highest BCUT2D eigenvalue weighted by Crippen LogP contribution is 2.12. The van der Waals surface area contributed by atoms with E-state index in [4.69, 9.17) is 0 Å². The van der Waals surface area contributed by atoms with E-state index in [9.17, 15) is 9.18 Å². The lowest BCUT2D eigenvalue weighted by molar-refractivity contribution is -0.116. The van der Waals surface area contributed by atoms with Gasteiger partial charge in [-0.3, -0.25) is 4.79 Å². The Hall–Kier alpha value is -1.90. The maximum atomic E-state index is 12.7. The molecule has 0 bridgehead atoms. The zero-order chi connectivity index (χ0) is 11.5. The maximum Gasteiger partial charge on any atom is 0.134 e. The van der Waals surface area contributed by atoms with Crippen molar-refractivity contribution in [2.24, 2.45) is 0 Å². The summed E-state index contributed by atoms with van der Waals surface area (Å²) in [5.41, 5.74) is 1.85. The molecule has 0 aliphatic heterocycles. The van der Waals surface area contributed by atoms with Crippen molar-refractivity contribution >= 4 is 5.78 Å². The molecule has 16 heavy (non-hydrogen) atoms. The van der Waals surface area contributed by atoms with Crippen molar-refractivity contribution in [1.29, 1.82) is 0 Å². The minimum absolute atomic E-state index is 0.136. The summed E-state index contributed by atoms with van der Waals surface area (Å²) in [6.07, 6.45) is 4.19. The Morgan fingerprint density at radius 3 is 2.56 bits per heavy atom. The highest BCUT2D eigenvalue weighted by atomic mass is 19.1. The molecule has 0 fully saturated rings. The van der Waals surface area contributed by atoms with Crippen LogP contribution in [0.2, 0.25) is 0 Å². The van der Waals surface area contributed by atoms with Gasteiger partial charge in [0.25, 0.3) is 0 Å². The second-order valence-electron chi connectivity index (χ2n) is 3.78. The molecule has 0 spiro atoms. The second kappa shape index (κ2) is 4.31. The Labute approximate surface area is 93.3 Å². The van der Waals surface area contributed by atoms with Crippen molar-refractivity contribution in [2.45, 2.75) is 13.3 Å². The van der Waals surface area contributed by atoms with Crippen molar-refractivity contribution in [2.75, 3.05) is 0 Å². The molecule has 0 aliphatic carbocycles. The number of Topliss-reactive ketones (excluding diaryl/α,β-unsaturated/α-hetero) is 1. The zero-order valence-corrected chi connectivity index (χ0v) is 8.98. The van der Waals surface area contributed by atoms with Gasteiger partial charge in [-0.1, -0.05) is 0 Å². The molecule has 1 heterocycles. The average Bonchev–Trinajstić information content (AvgIpc) is 2.66. The molecular weight excluding hydrogens is 205 g/mol. The second-order valence-corrected chi connectivity index (χ2v) is 3.78. The fourth-order valence-corrected chi connectivity index (χ4v) is 1.61. The van der Waals surface area contributed by atoms with Crippen LogP contribution in [0.1, 0.15) is 12.5 Å². The summed E-state index contributed by atoms with van der Waals surface area (Å²) in [6, 6.07) is 8.13. The Kier molecular flexibility index (Phi) is 2.86. The molecule has 0 saturated heterocycles. The molecule has 0 N–H and O–H groups in total. The van der Waals surface area contributed by atoms with Gasteiger partial charge >= 0.3 is 0 Å². The van der Waals surface area contributed by atoms with Gasteiger partial charge in [0.15, 0.2) is 0 Å². The van der Waals surface area contributed by atoms with Gasteiger partial charge in [0.05, 0.1) is 0 Å². The molecule has 0 unspecified atom stereocenters. The van der Waals surface area contributed by atoms with E-state index < -0.39 is 0 Å². The third kappa shape index (κ3) is 2.37. The van der Waals surface area contributed by atoms with E-state index in [0.29, 0.717) is 6.42 Å². The van der Waals surface area contributed by atoms with Gasteiger partial charge in [-0.05, 0) is 42.8 Å². The average molecular weight is 217 g/mol. The van der Waals surface area contributed by atoms with Crippen molar-refractivity contribution < 1.29 is 9.18 Å². The SMILES string of the molecule is CC(=O)Cc1ccn(-c2ccc(F)cc2)c1. The summed E-state index contributed by atoms with van der Waals surface area (Å²) in [5, 5.41) is 0. The predicted octanol–water partition coefficient (Wildman–Crippen LogP) is 2.75. The molecule has 1 aromatic heterocycles. The van der Waals surface area contributed by atoms with E-state index in [-0.39, 0.29) is 11.6 Å². The molecular formula is C13H12FNO. The normalized spacial score (nSPS) is 10.4. The molecule has 0 radical (unpaired) electrons. The maximum absolute atomic E-state index is 12.7. The van der Waals surface area contributed by atoms with Gasteiger partial charge in [-0.2, -0.15) is 0 Å². The van der Waals surface area contributed by atoms with Crippen LogP contribution in [-0.4, -0.2) is 10.4 Å².